The van der Waals surface area contributed by atoms with Crippen LogP contribution >= 0.6 is 22.6 Å². The van der Waals surface area contributed by atoms with Crippen molar-refractivity contribution in [1.29, 1.82) is 0 Å². The molecule has 0 radical (unpaired) electrons. The van der Waals surface area contributed by atoms with Gasteiger partial charge in [0.25, 0.3) is 5.91 Å². The second kappa shape index (κ2) is 7.35. The number of rotatable bonds is 5. The molecule has 0 aliphatic heterocycles. The van der Waals surface area contributed by atoms with Gasteiger partial charge in [-0.25, -0.2) is 4.39 Å². The van der Waals surface area contributed by atoms with Crippen molar-refractivity contribution in [2.75, 3.05) is 0 Å². The molecule has 114 valence electrons. The Bertz CT molecular complexity index is 706. The van der Waals surface area contributed by atoms with Gasteiger partial charge in [-0.05, 0) is 58.5 Å². The normalized spacial score (nSPS) is 11.7. The molecule has 2 rings (SSSR count). The molecule has 0 saturated heterocycles. The summed E-state index contributed by atoms with van der Waals surface area (Å²) in [6.45, 7) is 0. The first-order chi connectivity index (χ1) is 10.5. The van der Waals surface area contributed by atoms with Crippen molar-refractivity contribution in [1.82, 2.24) is 5.32 Å². The van der Waals surface area contributed by atoms with Gasteiger partial charge >= 0.3 is 0 Å². The van der Waals surface area contributed by atoms with Crippen LogP contribution < -0.4 is 11.1 Å². The molecular weight excluding hydrogens is 398 g/mol. The number of hydrogen-bond acceptors (Lipinski definition) is 2. The summed E-state index contributed by atoms with van der Waals surface area (Å²) in [6.07, 6.45) is 0.285. The summed E-state index contributed by atoms with van der Waals surface area (Å²) < 4.78 is 14.2. The van der Waals surface area contributed by atoms with Crippen molar-refractivity contribution in [3.8, 4) is 0 Å². The highest BCUT2D eigenvalue weighted by Gasteiger charge is 2.19. The first-order valence-electron chi connectivity index (χ1n) is 6.56. The summed E-state index contributed by atoms with van der Waals surface area (Å²) in [5.74, 6) is -1.68. The Morgan fingerprint density at radius 3 is 2.55 bits per heavy atom. The van der Waals surface area contributed by atoms with Crippen LogP contribution in [-0.4, -0.2) is 17.9 Å². The van der Waals surface area contributed by atoms with E-state index in [4.69, 9.17) is 5.73 Å². The second-order valence-corrected chi connectivity index (χ2v) is 6.02. The van der Waals surface area contributed by atoms with Crippen molar-refractivity contribution in [3.05, 3.63) is 69.0 Å². The van der Waals surface area contributed by atoms with Gasteiger partial charge in [0.2, 0.25) is 5.91 Å². The van der Waals surface area contributed by atoms with E-state index in [-0.39, 0.29) is 12.0 Å². The second-order valence-electron chi connectivity index (χ2n) is 4.77. The van der Waals surface area contributed by atoms with Crippen LogP contribution in [0.25, 0.3) is 0 Å². The van der Waals surface area contributed by atoms with Crippen molar-refractivity contribution >= 4 is 34.4 Å². The molecule has 2 aromatic rings. The number of hydrogen-bond donors (Lipinski definition) is 2. The van der Waals surface area contributed by atoms with Gasteiger partial charge in [0.1, 0.15) is 11.9 Å². The van der Waals surface area contributed by atoms with Crippen LogP contribution in [0.5, 0.6) is 0 Å². The third-order valence-corrected chi connectivity index (χ3v) is 3.74. The smallest absolute Gasteiger partial charge is 0.252 e. The van der Waals surface area contributed by atoms with E-state index in [0.29, 0.717) is 0 Å². The maximum absolute atomic E-state index is 13.1. The zero-order chi connectivity index (χ0) is 16.1. The summed E-state index contributed by atoms with van der Waals surface area (Å²) in [7, 11) is 0. The largest absolute Gasteiger partial charge is 0.368 e. The number of nitrogens with one attached hydrogen (secondary N) is 1. The molecule has 22 heavy (non-hydrogen) atoms. The van der Waals surface area contributed by atoms with Crippen LogP contribution in [0.4, 0.5) is 4.39 Å². The molecule has 0 heterocycles. The maximum atomic E-state index is 13.1. The average molecular weight is 412 g/mol. The van der Waals surface area contributed by atoms with Crippen molar-refractivity contribution < 1.29 is 14.0 Å². The SMILES string of the molecule is NC(=O)[C@@H](Cc1cccc(I)c1)NC(=O)c1cccc(F)c1. The Hall–Kier alpha value is -1.96. The molecule has 1 atom stereocenters. The molecule has 0 fully saturated rings. The number of carbonyl (C=O) groups is 2. The van der Waals surface area contributed by atoms with Crippen LogP contribution in [0.3, 0.4) is 0 Å². The Morgan fingerprint density at radius 2 is 1.91 bits per heavy atom. The number of carbonyl (C=O) groups excluding carboxylic acids is 2. The Balaban J connectivity index is 2.12. The number of nitrogens with two attached hydrogens (primary N) is 1. The fourth-order valence-electron chi connectivity index (χ4n) is 1.99. The molecule has 0 saturated carbocycles. The van der Waals surface area contributed by atoms with E-state index >= 15 is 0 Å². The summed E-state index contributed by atoms with van der Waals surface area (Å²) in [6, 6.07) is 12.0. The lowest BCUT2D eigenvalue weighted by molar-refractivity contribution is -0.119. The summed E-state index contributed by atoms with van der Waals surface area (Å²) >= 11 is 2.16. The van der Waals surface area contributed by atoms with Crippen molar-refractivity contribution in [3.63, 3.8) is 0 Å². The van der Waals surface area contributed by atoms with Gasteiger partial charge in [0.05, 0.1) is 0 Å². The topological polar surface area (TPSA) is 72.2 Å². The zero-order valence-electron chi connectivity index (χ0n) is 11.6. The van der Waals surface area contributed by atoms with E-state index in [2.05, 4.69) is 27.9 Å². The Morgan fingerprint density at radius 1 is 1.18 bits per heavy atom. The third kappa shape index (κ3) is 4.52. The molecular formula is C16H14FIN2O2. The highest BCUT2D eigenvalue weighted by molar-refractivity contribution is 14.1. The van der Waals surface area contributed by atoms with Crippen LogP contribution in [0.2, 0.25) is 0 Å². The molecule has 0 bridgehead atoms. The molecule has 0 unspecified atom stereocenters. The monoisotopic (exact) mass is 412 g/mol. The fraction of sp³-hybridized carbons (Fsp3) is 0.125. The van der Waals surface area contributed by atoms with E-state index in [1.807, 2.05) is 24.3 Å². The van der Waals surface area contributed by atoms with E-state index in [1.165, 1.54) is 18.2 Å². The van der Waals surface area contributed by atoms with Gasteiger partial charge in [-0.2, -0.15) is 0 Å². The summed E-state index contributed by atoms with van der Waals surface area (Å²) in [5.41, 5.74) is 6.38. The van der Waals surface area contributed by atoms with Gasteiger partial charge in [-0.3, -0.25) is 9.59 Å². The number of halogens is 2. The molecule has 0 aromatic heterocycles. The van der Waals surface area contributed by atoms with E-state index < -0.39 is 23.7 Å². The van der Waals surface area contributed by atoms with Gasteiger partial charge in [0, 0.05) is 15.6 Å². The molecule has 0 aliphatic carbocycles. The van der Waals surface area contributed by atoms with Crippen molar-refractivity contribution in [2.45, 2.75) is 12.5 Å². The average Bonchev–Trinajstić information content (AvgIpc) is 2.46. The first kappa shape index (κ1) is 16.4. The predicted molar refractivity (Wildman–Crippen MR) is 89.7 cm³/mol. The number of benzene rings is 2. The lowest BCUT2D eigenvalue weighted by Gasteiger charge is -2.16. The molecule has 0 spiro atoms. The minimum atomic E-state index is -0.853. The number of primary amides is 1. The Kier molecular flexibility index (Phi) is 5.48. The van der Waals surface area contributed by atoms with Gasteiger partial charge in [-0.15, -0.1) is 0 Å². The Labute approximate surface area is 141 Å². The highest BCUT2D eigenvalue weighted by Crippen LogP contribution is 2.11. The van der Waals surface area contributed by atoms with Crippen LogP contribution in [0.15, 0.2) is 48.5 Å². The first-order valence-corrected chi connectivity index (χ1v) is 7.64. The third-order valence-electron chi connectivity index (χ3n) is 3.06. The maximum Gasteiger partial charge on any atom is 0.252 e. The van der Waals surface area contributed by atoms with Crippen LogP contribution in [0.1, 0.15) is 15.9 Å². The molecule has 0 aliphatic rings. The molecule has 2 amide bonds. The highest BCUT2D eigenvalue weighted by atomic mass is 127. The van der Waals surface area contributed by atoms with E-state index in [0.717, 1.165) is 15.2 Å². The summed E-state index contributed by atoms with van der Waals surface area (Å²) in [4.78, 5) is 23.6. The van der Waals surface area contributed by atoms with Crippen LogP contribution in [-0.2, 0) is 11.2 Å². The molecule has 6 heteroatoms. The molecule has 4 nitrogen and oxygen atoms in total. The molecule has 2 aromatic carbocycles. The standard InChI is InChI=1S/C16H14FIN2O2/c17-12-5-2-4-11(9-12)16(22)20-14(15(19)21)8-10-3-1-6-13(18)7-10/h1-7,9,14H,8H2,(H2,19,21)(H,20,22)/t14-/m1/s1. The van der Waals surface area contributed by atoms with Gasteiger partial charge in [0.15, 0.2) is 0 Å². The predicted octanol–water partition coefficient (Wildman–Crippen LogP) is 2.26. The quantitative estimate of drug-likeness (QED) is 0.740. The lowest BCUT2D eigenvalue weighted by atomic mass is 10.0. The van der Waals surface area contributed by atoms with E-state index in [9.17, 15) is 14.0 Å². The zero-order valence-corrected chi connectivity index (χ0v) is 13.7. The minimum Gasteiger partial charge on any atom is -0.368 e. The number of amides is 2. The fourth-order valence-corrected chi connectivity index (χ4v) is 2.60. The van der Waals surface area contributed by atoms with Crippen LogP contribution in [0, 0.1) is 9.39 Å². The lowest BCUT2D eigenvalue weighted by Crippen LogP contribution is -2.45. The minimum absolute atomic E-state index is 0.147. The van der Waals surface area contributed by atoms with Gasteiger partial charge < -0.3 is 11.1 Å². The van der Waals surface area contributed by atoms with Crippen molar-refractivity contribution in [2.24, 2.45) is 5.73 Å². The van der Waals surface area contributed by atoms with Gasteiger partial charge in [-0.1, -0.05) is 18.2 Å². The summed E-state index contributed by atoms with van der Waals surface area (Å²) in [5, 5.41) is 2.55. The molecule has 3 N–H and O–H groups in total. The van der Waals surface area contributed by atoms with E-state index in [1.54, 1.807) is 0 Å².